The van der Waals surface area contributed by atoms with E-state index >= 15 is 0 Å². The van der Waals surface area contributed by atoms with Crippen LogP contribution in [0.25, 0.3) is 0 Å². The van der Waals surface area contributed by atoms with Crippen LogP contribution in [0.3, 0.4) is 0 Å². The van der Waals surface area contributed by atoms with Crippen molar-refractivity contribution < 1.29 is 22.3 Å². The summed E-state index contributed by atoms with van der Waals surface area (Å²) in [6.45, 7) is 2.06. The van der Waals surface area contributed by atoms with Crippen LogP contribution < -0.4 is 4.72 Å². The number of halogens is 1. The van der Waals surface area contributed by atoms with Crippen molar-refractivity contribution in [3.05, 3.63) is 30.1 Å². The fourth-order valence-corrected chi connectivity index (χ4v) is 3.19. The first-order valence-corrected chi connectivity index (χ1v) is 8.51. The van der Waals surface area contributed by atoms with Crippen LogP contribution in [0.1, 0.15) is 19.3 Å². The van der Waals surface area contributed by atoms with E-state index < -0.39 is 15.8 Å². The third kappa shape index (κ3) is 5.35. The molecular weight excluding hydrogens is 297 g/mol. The molecule has 0 unspecified atom stereocenters. The van der Waals surface area contributed by atoms with Gasteiger partial charge in [-0.3, -0.25) is 0 Å². The third-order valence-electron chi connectivity index (χ3n) is 3.19. The molecule has 0 saturated carbocycles. The first kappa shape index (κ1) is 16.4. The molecule has 21 heavy (non-hydrogen) atoms. The quantitative estimate of drug-likeness (QED) is 0.741. The fourth-order valence-electron chi connectivity index (χ4n) is 2.09. The Kier molecular flexibility index (Phi) is 6.10. The minimum absolute atomic E-state index is 0.0669. The topological polar surface area (TPSA) is 64.6 Å². The molecule has 2 rings (SSSR count). The largest absolute Gasteiger partial charge is 0.379 e. The molecule has 0 spiro atoms. The first-order chi connectivity index (χ1) is 10.1. The molecule has 1 fully saturated rings. The molecule has 0 aliphatic carbocycles. The number of sulfonamides is 1. The average Bonchev–Trinajstić information content (AvgIpc) is 2.96. The third-order valence-corrected chi connectivity index (χ3v) is 4.65. The zero-order chi connectivity index (χ0) is 15.1. The van der Waals surface area contributed by atoms with E-state index in [0.717, 1.165) is 25.5 Å². The summed E-state index contributed by atoms with van der Waals surface area (Å²) < 4.78 is 50.1. The van der Waals surface area contributed by atoms with Gasteiger partial charge in [-0.05, 0) is 37.5 Å². The molecule has 0 aromatic heterocycles. The van der Waals surface area contributed by atoms with E-state index in [1.54, 1.807) is 0 Å². The summed E-state index contributed by atoms with van der Waals surface area (Å²) in [6, 6.07) is 4.93. The Hall–Kier alpha value is -1.02. The number of hydrogen-bond donors (Lipinski definition) is 1. The summed E-state index contributed by atoms with van der Waals surface area (Å²) in [5.41, 5.74) is 0. The van der Waals surface area contributed by atoms with Crippen LogP contribution in [0.4, 0.5) is 4.39 Å². The highest BCUT2D eigenvalue weighted by Crippen LogP contribution is 2.12. The molecule has 1 aromatic rings. The Labute approximate surface area is 124 Å². The van der Waals surface area contributed by atoms with Gasteiger partial charge >= 0.3 is 0 Å². The Bertz CT molecular complexity index is 544. The van der Waals surface area contributed by atoms with Gasteiger partial charge in [0.1, 0.15) is 5.82 Å². The maximum absolute atomic E-state index is 13.0. The van der Waals surface area contributed by atoms with Crippen LogP contribution in [0.15, 0.2) is 29.2 Å². The minimum Gasteiger partial charge on any atom is -0.379 e. The lowest BCUT2D eigenvalue weighted by Gasteiger charge is -2.10. The Balaban J connectivity index is 1.65. The summed E-state index contributed by atoms with van der Waals surface area (Å²) in [5, 5.41) is 0. The van der Waals surface area contributed by atoms with E-state index in [1.165, 1.54) is 18.2 Å². The van der Waals surface area contributed by atoms with Crippen LogP contribution in [0, 0.1) is 5.82 Å². The molecule has 1 aliphatic rings. The Morgan fingerprint density at radius 3 is 3.00 bits per heavy atom. The highest BCUT2D eigenvalue weighted by atomic mass is 32.2. The van der Waals surface area contributed by atoms with Crippen molar-refractivity contribution in [1.82, 2.24) is 4.72 Å². The lowest BCUT2D eigenvalue weighted by molar-refractivity contribution is 0.0169. The van der Waals surface area contributed by atoms with Crippen LogP contribution >= 0.6 is 0 Å². The van der Waals surface area contributed by atoms with Gasteiger partial charge in [0.25, 0.3) is 0 Å². The van der Waals surface area contributed by atoms with Gasteiger partial charge in [-0.25, -0.2) is 17.5 Å². The predicted octanol–water partition coefficient (Wildman–Crippen LogP) is 1.69. The summed E-state index contributed by atoms with van der Waals surface area (Å²) in [4.78, 5) is -0.0669. The smallest absolute Gasteiger partial charge is 0.240 e. The number of nitrogens with one attached hydrogen (secondary N) is 1. The molecule has 7 heteroatoms. The summed E-state index contributed by atoms with van der Waals surface area (Å²) >= 11 is 0. The van der Waals surface area contributed by atoms with Gasteiger partial charge < -0.3 is 9.47 Å². The number of benzene rings is 1. The van der Waals surface area contributed by atoms with Gasteiger partial charge in [-0.2, -0.15) is 0 Å². The van der Waals surface area contributed by atoms with E-state index in [1.807, 2.05) is 0 Å². The minimum atomic E-state index is -3.66. The molecule has 1 saturated heterocycles. The highest BCUT2D eigenvalue weighted by molar-refractivity contribution is 7.89. The molecular formula is C14H20FNO4S. The van der Waals surface area contributed by atoms with Crippen LogP contribution in [0.2, 0.25) is 0 Å². The predicted molar refractivity (Wildman–Crippen MR) is 76.0 cm³/mol. The van der Waals surface area contributed by atoms with E-state index in [-0.39, 0.29) is 17.5 Å². The molecule has 118 valence electrons. The molecule has 1 atom stereocenters. The second kappa shape index (κ2) is 7.84. The molecule has 1 aromatic carbocycles. The van der Waals surface area contributed by atoms with Crippen molar-refractivity contribution in [1.29, 1.82) is 0 Å². The summed E-state index contributed by atoms with van der Waals surface area (Å²) in [6.07, 6.45) is 2.82. The average molecular weight is 317 g/mol. The number of rotatable bonds is 8. The lowest BCUT2D eigenvalue weighted by atomic mass is 10.2. The first-order valence-electron chi connectivity index (χ1n) is 7.02. The molecule has 5 nitrogen and oxygen atoms in total. The van der Waals surface area contributed by atoms with E-state index in [0.29, 0.717) is 19.6 Å². The monoisotopic (exact) mass is 317 g/mol. The van der Waals surface area contributed by atoms with Gasteiger partial charge in [-0.15, -0.1) is 0 Å². The molecule has 0 bridgehead atoms. The number of ether oxygens (including phenoxy) is 2. The van der Waals surface area contributed by atoms with Gasteiger partial charge in [-0.1, -0.05) is 6.07 Å². The van der Waals surface area contributed by atoms with E-state index in [9.17, 15) is 12.8 Å². The molecule has 1 heterocycles. The summed E-state index contributed by atoms with van der Waals surface area (Å²) in [7, 11) is -3.66. The van der Waals surface area contributed by atoms with Crippen molar-refractivity contribution in [2.24, 2.45) is 0 Å². The van der Waals surface area contributed by atoms with Gasteiger partial charge in [0, 0.05) is 19.8 Å². The fraction of sp³-hybridized carbons (Fsp3) is 0.571. The summed E-state index contributed by atoms with van der Waals surface area (Å²) in [5.74, 6) is -0.572. The van der Waals surface area contributed by atoms with Crippen molar-refractivity contribution >= 4 is 10.0 Å². The Morgan fingerprint density at radius 2 is 2.29 bits per heavy atom. The SMILES string of the molecule is O=S(=O)(NCCCOC[C@@H]1CCCO1)c1cccc(F)c1. The normalized spacial score (nSPS) is 19.0. The standard InChI is InChI=1S/C14H20FNO4S/c15-12-4-1-6-14(10-12)21(17,18)16-7-3-8-19-11-13-5-2-9-20-13/h1,4,6,10,13,16H,2-3,5,7-9,11H2/t13-/m0/s1. The molecule has 0 radical (unpaired) electrons. The van der Waals surface area contributed by atoms with Crippen molar-refractivity contribution in [3.8, 4) is 0 Å². The maximum Gasteiger partial charge on any atom is 0.240 e. The van der Waals surface area contributed by atoms with E-state index in [4.69, 9.17) is 9.47 Å². The van der Waals surface area contributed by atoms with Gasteiger partial charge in [0.2, 0.25) is 10.0 Å². The van der Waals surface area contributed by atoms with Crippen LogP contribution in [-0.4, -0.2) is 40.9 Å². The van der Waals surface area contributed by atoms with Gasteiger partial charge in [0.15, 0.2) is 0 Å². The van der Waals surface area contributed by atoms with Crippen LogP contribution in [0.5, 0.6) is 0 Å². The second-order valence-electron chi connectivity index (χ2n) is 4.92. The molecule has 0 amide bonds. The van der Waals surface area contributed by atoms with Crippen molar-refractivity contribution in [2.75, 3.05) is 26.4 Å². The second-order valence-corrected chi connectivity index (χ2v) is 6.69. The van der Waals surface area contributed by atoms with Gasteiger partial charge in [0.05, 0.1) is 17.6 Å². The molecule has 1 aliphatic heterocycles. The van der Waals surface area contributed by atoms with Crippen LogP contribution in [-0.2, 0) is 19.5 Å². The maximum atomic E-state index is 13.0. The lowest BCUT2D eigenvalue weighted by Crippen LogP contribution is -2.26. The zero-order valence-electron chi connectivity index (χ0n) is 11.8. The number of hydrogen-bond acceptors (Lipinski definition) is 4. The van der Waals surface area contributed by atoms with Crippen molar-refractivity contribution in [2.45, 2.75) is 30.3 Å². The van der Waals surface area contributed by atoms with Crippen molar-refractivity contribution in [3.63, 3.8) is 0 Å². The Morgan fingerprint density at radius 1 is 1.43 bits per heavy atom. The molecule has 1 N–H and O–H groups in total. The highest BCUT2D eigenvalue weighted by Gasteiger charge is 2.16. The van der Waals surface area contributed by atoms with E-state index in [2.05, 4.69) is 4.72 Å². The zero-order valence-corrected chi connectivity index (χ0v) is 12.6.